The summed E-state index contributed by atoms with van der Waals surface area (Å²) >= 11 is 0. The Morgan fingerprint density at radius 2 is 2.20 bits per heavy atom. The quantitative estimate of drug-likeness (QED) is 0.179. The molecule has 0 bridgehead atoms. The van der Waals surface area contributed by atoms with E-state index in [4.69, 9.17) is 0 Å². The molecular formula is C6H14O3Si. The number of unbranched alkanes of at least 4 members (excludes halogenated alkanes) is 2. The van der Waals surface area contributed by atoms with E-state index in [1.165, 1.54) is 0 Å². The molecule has 0 heterocycles. The molecule has 3 nitrogen and oxygen atoms in total. The molecule has 0 aromatic heterocycles. The van der Waals surface area contributed by atoms with Crippen LogP contribution in [0.15, 0.2) is 12.7 Å². The Morgan fingerprint density at radius 1 is 1.40 bits per heavy atom. The lowest BCUT2D eigenvalue weighted by molar-refractivity contribution is -0.467. The van der Waals surface area contributed by atoms with E-state index >= 15 is 0 Å². The minimum Gasteiger partial charge on any atom is -0.269 e. The van der Waals surface area contributed by atoms with Crippen LogP contribution in [-0.4, -0.2) is 17.1 Å². The molecule has 0 aliphatic carbocycles. The van der Waals surface area contributed by atoms with Gasteiger partial charge in [0, 0.05) is 0 Å². The zero-order chi connectivity index (χ0) is 7.66. The summed E-state index contributed by atoms with van der Waals surface area (Å²) < 4.78 is 4.34. The lowest BCUT2D eigenvalue weighted by Crippen LogP contribution is -1.95. The van der Waals surface area contributed by atoms with Gasteiger partial charge < -0.3 is 0 Å². The fraction of sp³-hybridized carbons (Fsp3) is 0.667. The number of hydrogen-bond donors (Lipinski definition) is 0. The summed E-state index contributed by atoms with van der Waals surface area (Å²) in [4.78, 5) is 4.61. The van der Waals surface area contributed by atoms with Crippen molar-refractivity contribution in [1.29, 1.82) is 0 Å². The highest BCUT2D eigenvalue weighted by Crippen LogP contribution is 1.95. The molecule has 0 amide bonds. The molecular weight excluding hydrogens is 148 g/mol. The van der Waals surface area contributed by atoms with Crippen molar-refractivity contribution in [2.24, 2.45) is 0 Å². The SMILES string of the molecule is C=CCCCCOOO[SiH3]. The molecule has 0 aliphatic heterocycles. The lowest BCUT2D eigenvalue weighted by Gasteiger charge is -1.98. The maximum atomic E-state index is 4.61. The third-order valence-corrected chi connectivity index (χ3v) is 1.14. The van der Waals surface area contributed by atoms with Crippen LogP contribution in [0.25, 0.3) is 0 Å². The Morgan fingerprint density at radius 3 is 2.80 bits per heavy atom. The van der Waals surface area contributed by atoms with Gasteiger partial charge in [0.1, 0.15) is 0 Å². The zero-order valence-corrected chi connectivity index (χ0v) is 8.34. The summed E-state index contributed by atoms with van der Waals surface area (Å²) in [6.45, 7) is 4.20. The summed E-state index contributed by atoms with van der Waals surface area (Å²) in [5.41, 5.74) is 0. The molecule has 0 saturated carbocycles. The van der Waals surface area contributed by atoms with Gasteiger partial charge in [0.2, 0.25) is 0 Å². The fourth-order valence-electron chi connectivity index (χ4n) is 0.532. The average Bonchev–Trinajstić information content (AvgIpc) is 1.97. The van der Waals surface area contributed by atoms with Crippen molar-refractivity contribution in [3.8, 4) is 0 Å². The summed E-state index contributed by atoms with van der Waals surface area (Å²) in [7, 11) is 0.546. The Labute approximate surface area is 64.4 Å². The Bertz CT molecular complexity index is 77.4. The van der Waals surface area contributed by atoms with E-state index in [1.807, 2.05) is 6.08 Å². The van der Waals surface area contributed by atoms with Gasteiger partial charge in [-0.05, 0) is 19.3 Å². The molecule has 0 unspecified atom stereocenters. The van der Waals surface area contributed by atoms with E-state index in [1.54, 1.807) is 0 Å². The van der Waals surface area contributed by atoms with Crippen molar-refractivity contribution in [1.82, 2.24) is 0 Å². The Balaban J connectivity index is 2.70. The van der Waals surface area contributed by atoms with Crippen LogP contribution in [-0.2, 0) is 14.5 Å². The van der Waals surface area contributed by atoms with Crippen LogP contribution in [0.1, 0.15) is 19.3 Å². The van der Waals surface area contributed by atoms with Gasteiger partial charge in [0.05, 0.1) is 6.61 Å². The topological polar surface area (TPSA) is 27.7 Å². The Hall–Kier alpha value is -0.163. The Kier molecular flexibility index (Phi) is 8.69. The van der Waals surface area contributed by atoms with Crippen LogP contribution in [0.3, 0.4) is 0 Å². The minimum absolute atomic E-state index is 0.546. The molecule has 0 radical (unpaired) electrons. The van der Waals surface area contributed by atoms with Gasteiger partial charge in [0.25, 0.3) is 0 Å². The first-order valence-corrected chi connectivity index (χ1v) is 4.16. The highest BCUT2D eigenvalue weighted by Gasteiger charge is 1.86. The predicted octanol–water partition coefficient (Wildman–Crippen LogP) is 0.503. The third kappa shape index (κ3) is 7.84. The maximum Gasteiger partial charge on any atom is 0.197 e. The van der Waals surface area contributed by atoms with E-state index in [0.29, 0.717) is 17.1 Å². The molecule has 0 aromatic carbocycles. The third-order valence-electron chi connectivity index (χ3n) is 1.00. The molecule has 0 atom stereocenters. The molecule has 0 rings (SSSR count). The van der Waals surface area contributed by atoms with E-state index in [0.717, 1.165) is 19.3 Å². The van der Waals surface area contributed by atoms with Gasteiger partial charge in [-0.2, -0.15) is 0 Å². The average molecular weight is 162 g/mol. The van der Waals surface area contributed by atoms with Crippen LogP contribution in [0.5, 0.6) is 0 Å². The van der Waals surface area contributed by atoms with Crippen molar-refractivity contribution in [3.05, 3.63) is 12.7 Å². The van der Waals surface area contributed by atoms with Gasteiger partial charge in [-0.3, -0.25) is 4.58 Å². The van der Waals surface area contributed by atoms with Crippen molar-refractivity contribution in [2.45, 2.75) is 19.3 Å². The van der Waals surface area contributed by atoms with Gasteiger partial charge in [-0.15, -0.1) is 6.58 Å². The van der Waals surface area contributed by atoms with Gasteiger partial charge in [0.15, 0.2) is 10.5 Å². The number of hydrogen-bond acceptors (Lipinski definition) is 3. The van der Waals surface area contributed by atoms with Crippen LogP contribution in [0, 0.1) is 0 Å². The lowest BCUT2D eigenvalue weighted by atomic mass is 10.2. The molecule has 60 valence electrons. The molecule has 0 fully saturated rings. The van der Waals surface area contributed by atoms with Crippen LogP contribution < -0.4 is 0 Å². The highest BCUT2D eigenvalue weighted by molar-refractivity contribution is 5.97. The second-order valence-corrected chi connectivity index (χ2v) is 2.17. The van der Waals surface area contributed by atoms with Crippen LogP contribution in [0.4, 0.5) is 0 Å². The smallest absolute Gasteiger partial charge is 0.197 e. The van der Waals surface area contributed by atoms with Crippen molar-refractivity contribution in [3.63, 3.8) is 0 Å². The van der Waals surface area contributed by atoms with Crippen molar-refractivity contribution in [2.75, 3.05) is 6.61 Å². The molecule has 0 aliphatic rings. The first-order valence-electron chi connectivity index (χ1n) is 3.35. The molecule has 0 N–H and O–H groups in total. The zero-order valence-electron chi connectivity index (χ0n) is 6.34. The van der Waals surface area contributed by atoms with Crippen LogP contribution in [0.2, 0.25) is 0 Å². The number of allylic oxidation sites excluding steroid dienone is 1. The monoisotopic (exact) mass is 162 g/mol. The minimum atomic E-state index is 0.546. The van der Waals surface area contributed by atoms with Gasteiger partial charge >= 0.3 is 0 Å². The summed E-state index contributed by atoms with van der Waals surface area (Å²) in [5, 5.41) is 4.25. The fourth-order valence-corrected chi connectivity index (χ4v) is 0.628. The van der Waals surface area contributed by atoms with Crippen molar-refractivity contribution >= 4 is 10.5 Å². The van der Waals surface area contributed by atoms with Crippen molar-refractivity contribution < 1.29 is 14.5 Å². The highest BCUT2D eigenvalue weighted by atomic mass is 28.2. The van der Waals surface area contributed by atoms with Gasteiger partial charge in [-0.25, -0.2) is 4.89 Å². The molecule has 0 spiro atoms. The molecule has 0 aromatic rings. The van der Waals surface area contributed by atoms with E-state index in [9.17, 15) is 0 Å². The first kappa shape index (κ1) is 9.84. The largest absolute Gasteiger partial charge is 0.269 e. The summed E-state index contributed by atoms with van der Waals surface area (Å²) in [6.07, 6.45) is 5.00. The second-order valence-electron chi connectivity index (χ2n) is 1.84. The number of rotatable bonds is 7. The van der Waals surface area contributed by atoms with E-state index < -0.39 is 0 Å². The van der Waals surface area contributed by atoms with E-state index in [2.05, 4.69) is 21.1 Å². The van der Waals surface area contributed by atoms with E-state index in [-0.39, 0.29) is 0 Å². The maximum absolute atomic E-state index is 4.61. The second kappa shape index (κ2) is 8.84. The molecule has 4 heteroatoms. The molecule has 0 saturated heterocycles. The summed E-state index contributed by atoms with van der Waals surface area (Å²) in [6, 6.07) is 0. The molecule has 10 heavy (non-hydrogen) atoms. The predicted molar refractivity (Wildman–Crippen MR) is 42.1 cm³/mol. The standard InChI is InChI=1S/C6H14O3Si/c1-2-3-4-5-6-7-8-9-10/h2H,1,3-6H2,10H3. The van der Waals surface area contributed by atoms with Gasteiger partial charge in [-0.1, -0.05) is 11.1 Å². The normalized spacial score (nSPS) is 10.0. The summed E-state index contributed by atoms with van der Waals surface area (Å²) in [5.74, 6) is 0. The first-order chi connectivity index (χ1) is 4.91. The van der Waals surface area contributed by atoms with Crippen LogP contribution >= 0.6 is 0 Å².